The Kier molecular flexibility index (Phi) is 5.18. The van der Waals surface area contributed by atoms with Crippen LogP contribution in [0.3, 0.4) is 0 Å². The first-order valence-corrected chi connectivity index (χ1v) is 9.65. The summed E-state index contributed by atoms with van der Waals surface area (Å²) in [5.74, 6) is 0.717. The molecule has 0 saturated heterocycles. The molecule has 0 spiro atoms. The minimum Gasteiger partial charge on any atom is -0.497 e. The number of aromatic nitrogens is 4. The van der Waals surface area contributed by atoms with Gasteiger partial charge in [-0.05, 0) is 56.3 Å². The molecule has 3 aromatic heterocycles. The number of carbonyl (C=O) groups is 1. The molecule has 4 rings (SSSR count). The highest BCUT2D eigenvalue weighted by Crippen LogP contribution is 2.29. The number of methoxy groups -OCH3 is 1. The van der Waals surface area contributed by atoms with Gasteiger partial charge >= 0.3 is 0 Å². The van der Waals surface area contributed by atoms with E-state index in [4.69, 9.17) is 14.8 Å². The molecule has 0 bridgehead atoms. The number of fused-ring (bicyclic) bond motifs is 1. The van der Waals surface area contributed by atoms with E-state index in [0.29, 0.717) is 5.65 Å². The van der Waals surface area contributed by atoms with Crippen LogP contribution in [0.1, 0.15) is 17.0 Å². The Bertz CT molecular complexity index is 1200. The molecule has 7 heteroatoms. The van der Waals surface area contributed by atoms with Crippen molar-refractivity contribution in [2.24, 2.45) is 0 Å². The average Bonchev–Trinajstić information content (AvgIpc) is 3.12. The number of hydrogen-bond donors (Lipinski definition) is 0. The van der Waals surface area contributed by atoms with Gasteiger partial charge in [0.1, 0.15) is 5.75 Å². The lowest BCUT2D eigenvalue weighted by Crippen LogP contribution is -2.28. The zero-order valence-electron chi connectivity index (χ0n) is 17.5. The summed E-state index contributed by atoms with van der Waals surface area (Å²) in [6, 6.07) is 13.3. The molecule has 0 saturated carbocycles. The minimum atomic E-state index is -0.0492. The lowest BCUT2D eigenvalue weighted by molar-refractivity contribution is -0.117. The van der Waals surface area contributed by atoms with Crippen LogP contribution in [0.25, 0.3) is 16.9 Å². The molecular formula is C23H23N5O2. The molecule has 0 fully saturated rings. The number of carbonyl (C=O) groups excluding carboxylic acids is 1. The highest BCUT2D eigenvalue weighted by molar-refractivity contribution is 5.96. The molecule has 0 unspecified atom stereocenters. The van der Waals surface area contributed by atoms with Gasteiger partial charge in [0, 0.05) is 47.6 Å². The number of ether oxygens (including phenoxy) is 1. The van der Waals surface area contributed by atoms with E-state index >= 15 is 0 Å². The first-order valence-electron chi connectivity index (χ1n) is 9.65. The summed E-state index contributed by atoms with van der Waals surface area (Å²) in [4.78, 5) is 23.5. The molecule has 152 valence electrons. The fraction of sp³-hybridized carbons (Fsp3) is 0.217. The number of nitrogens with zero attached hydrogens (tertiary/aromatic N) is 5. The summed E-state index contributed by atoms with van der Waals surface area (Å²) in [5, 5.41) is 4.80. The van der Waals surface area contributed by atoms with Gasteiger partial charge in [-0.25, -0.2) is 9.50 Å². The molecule has 7 nitrogen and oxygen atoms in total. The number of hydrogen-bond acceptors (Lipinski definition) is 5. The summed E-state index contributed by atoms with van der Waals surface area (Å²) >= 11 is 0. The van der Waals surface area contributed by atoms with Gasteiger partial charge in [0.05, 0.1) is 19.2 Å². The summed E-state index contributed by atoms with van der Waals surface area (Å²) in [7, 11) is 3.40. The lowest BCUT2D eigenvalue weighted by Gasteiger charge is -2.17. The molecule has 0 aliphatic rings. The van der Waals surface area contributed by atoms with Gasteiger partial charge in [-0.15, -0.1) is 0 Å². The molecule has 0 aliphatic heterocycles. The maximum atomic E-state index is 13.1. The Hall–Kier alpha value is -3.74. The van der Waals surface area contributed by atoms with Crippen molar-refractivity contribution in [3.05, 3.63) is 71.8 Å². The first-order chi connectivity index (χ1) is 14.5. The van der Waals surface area contributed by atoms with Crippen LogP contribution in [0.15, 0.2) is 54.9 Å². The highest BCUT2D eigenvalue weighted by atomic mass is 16.5. The van der Waals surface area contributed by atoms with Gasteiger partial charge < -0.3 is 9.64 Å². The van der Waals surface area contributed by atoms with Crippen molar-refractivity contribution in [2.75, 3.05) is 19.1 Å². The van der Waals surface area contributed by atoms with E-state index in [1.54, 1.807) is 31.5 Å². The SMILES string of the molecule is COc1ccc(-c2nn3c(C)cc(C)nc3c2CC(=O)N(C)c2ccncc2)cc1. The van der Waals surface area contributed by atoms with E-state index < -0.39 is 0 Å². The van der Waals surface area contributed by atoms with Gasteiger partial charge in [0.25, 0.3) is 0 Å². The second-order valence-corrected chi connectivity index (χ2v) is 7.16. The van der Waals surface area contributed by atoms with Crippen molar-refractivity contribution in [1.29, 1.82) is 0 Å². The molecular weight excluding hydrogens is 378 g/mol. The third kappa shape index (κ3) is 3.61. The maximum Gasteiger partial charge on any atom is 0.231 e. The van der Waals surface area contributed by atoms with Crippen LogP contribution in [0.2, 0.25) is 0 Å². The van der Waals surface area contributed by atoms with E-state index in [9.17, 15) is 4.79 Å². The number of rotatable bonds is 5. The molecule has 1 aromatic carbocycles. The van der Waals surface area contributed by atoms with Crippen LogP contribution in [0.5, 0.6) is 5.75 Å². The smallest absolute Gasteiger partial charge is 0.231 e. The number of likely N-dealkylation sites (N-methyl/N-ethyl adjacent to an activating group) is 1. The predicted octanol–water partition coefficient (Wildman–Crippen LogP) is 3.62. The monoisotopic (exact) mass is 401 g/mol. The largest absolute Gasteiger partial charge is 0.497 e. The summed E-state index contributed by atoms with van der Waals surface area (Å²) in [5.41, 5.74) is 5.80. The second-order valence-electron chi connectivity index (χ2n) is 7.16. The van der Waals surface area contributed by atoms with Crippen molar-refractivity contribution < 1.29 is 9.53 Å². The van der Waals surface area contributed by atoms with Crippen LogP contribution in [-0.4, -0.2) is 39.6 Å². The molecule has 30 heavy (non-hydrogen) atoms. The fourth-order valence-electron chi connectivity index (χ4n) is 3.49. The predicted molar refractivity (Wildman–Crippen MR) is 116 cm³/mol. The van der Waals surface area contributed by atoms with Crippen molar-refractivity contribution in [3.63, 3.8) is 0 Å². The van der Waals surface area contributed by atoms with Crippen LogP contribution < -0.4 is 9.64 Å². The summed E-state index contributed by atoms with van der Waals surface area (Å²) in [6.45, 7) is 3.93. The van der Waals surface area contributed by atoms with Gasteiger partial charge in [0.15, 0.2) is 5.65 Å². The zero-order valence-corrected chi connectivity index (χ0v) is 17.5. The number of aryl methyl sites for hydroxylation is 2. The van der Waals surface area contributed by atoms with E-state index in [1.165, 1.54) is 0 Å². The van der Waals surface area contributed by atoms with Crippen LogP contribution in [0.4, 0.5) is 5.69 Å². The molecule has 1 amide bonds. The maximum absolute atomic E-state index is 13.1. The first kappa shape index (κ1) is 19.6. The molecule has 0 N–H and O–H groups in total. The lowest BCUT2D eigenvalue weighted by atomic mass is 10.0. The zero-order chi connectivity index (χ0) is 21.3. The average molecular weight is 401 g/mol. The quantitative estimate of drug-likeness (QED) is 0.511. The van der Waals surface area contributed by atoms with Gasteiger partial charge in [-0.1, -0.05) is 0 Å². The number of anilines is 1. The summed E-state index contributed by atoms with van der Waals surface area (Å²) in [6.07, 6.45) is 3.52. The highest BCUT2D eigenvalue weighted by Gasteiger charge is 2.22. The standard InChI is InChI=1S/C23H23N5O2/c1-15-13-16(2)28-23(25-15)20(14-21(29)27(3)18-9-11-24-12-10-18)22(26-28)17-5-7-19(30-4)8-6-17/h5-13H,14H2,1-4H3. The number of pyridine rings is 1. The second kappa shape index (κ2) is 7.94. The molecule has 3 heterocycles. The van der Waals surface area contributed by atoms with Crippen LogP contribution >= 0.6 is 0 Å². The van der Waals surface area contributed by atoms with Crippen LogP contribution in [0, 0.1) is 13.8 Å². The Morgan fingerprint density at radius 2 is 1.80 bits per heavy atom. The molecule has 0 aliphatic carbocycles. The molecule has 0 atom stereocenters. The minimum absolute atomic E-state index is 0.0492. The molecule has 0 radical (unpaired) electrons. The van der Waals surface area contributed by atoms with E-state index in [0.717, 1.165) is 39.6 Å². The summed E-state index contributed by atoms with van der Waals surface area (Å²) < 4.78 is 7.08. The van der Waals surface area contributed by atoms with Gasteiger partial charge in [-0.3, -0.25) is 9.78 Å². The Morgan fingerprint density at radius 3 is 2.47 bits per heavy atom. The van der Waals surface area contributed by atoms with Crippen molar-refractivity contribution in [1.82, 2.24) is 19.6 Å². The number of benzene rings is 1. The van der Waals surface area contributed by atoms with E-state index in [1.807, 2.05) is 60.8 Å². The van der Waals surface area contributed by atoms with E-state index in [2.05, 4.69) is 4.98 Å². The van der Waals surface area contributed by atoms with E-state index in [-0.39, 0.29) is 12.3 Å². The third-order valence-electron chi connectivity index (χ3n) is 5.11. The molecule has 4 aromatic rings. The Balaban J connectivity index is 1.81. The number of amides is 1. The van der Waals surface area contributed by atoms with Crippen molar-refractivity contribution in [2.45, 2.75) is 20.3 Å². The van der Waals surface area contributed by atoms with Gasteiger partial charge in [-0.2, -0.15) is 5.10 Å². The van der Waals surface area contributed by atoms with Crippen LogP contribution in [-0.2, 0) is 11.2 Å². The Morgan fingerprint density at radius 1 is 1.10 bits per heavy atom. The topological polar surface area (TPSA) is 72.6 Å². The van der Waals surface area contributed by atoms with Crippen molar-refractivity contribution in [3.8, 4) is 17.0 Å². The fourth-order valence-corrected chi connectivity index (χ4v) is 3.49. The van der Waals surface area contributed by atoms with Gasteiger partial charge in [0.2, 0.25) is 5.91 Å². The van der Waals surface area contributed by atoms with Crippen molar-refractivity contribution >= 4 is 17.2 Å². The normalized spacial score (nSPS) is 10.9. The Labute approximate surface area is 175 Å². The third-order valence-corrected chi connectivity index (χ3v) is 5.11.